The molecule has 0 aliphatic heterocycles. The van der Waals surface area contributed by atoms with Crippen molar-refractivity contribution in [2.24, 2.45) is 0 Å². The van der Waals surface area contributed by atoms with Gasteiger partial charge in [0.15, 0.2) is 0 Å². The quantitative estimate of drug-likeness (QED) is 0.401. The summed E-state index contributed by atoms with van der Waals surface area (Å²) in [6.07, 6.45) is 0. The Morgan fingerprint density at radius 1 is 1.29 bits per heavy atom. The summed E-state index contributed by atoms with van der Waals surface area (Å²) in [5.74, 6) is -1.33. The standard InChI is InChI=1S/C10H11BO6/c1-6(12)17-9-5-7(10(13)16-2)3-4-8(9)11(14)15/h3-5,14-15H,1-2H3. The molecule has 0 aromatic heterocycles. The first-order valence-electron chi connectivity index (χ1n) is 4.72. The van der Waals surface area contributed by atoms with Gasteiger partial charge in [0, 0.05) is 12.4 Å². The van der Waals surface area contributed by atoms with Crippen molar-refractivity contribution < 1.29 is 29.1 Å². The van der Waals surface area contributed by atoms with E-state index in [9.17, 15) is 9.59 Å². The van der Waals surface area contributed by atoms with Gasteiger partial charge in [-0.3, -0.25) is 4.79 Å². The lowest BCUT2D eigenvalue weighted by Crippen LogP contribution is -2.32. The normalized spacial score (nSPS) is 9.65. The molecule has 1 rings (SSSR count). The number of esters is 2. The van der Waals surface area contributed by atoms with E-state index in [1.165, 1.54) is 32.2 Å². The van der Waals surface area contributed by atoms with E-state index in [0.29, 0.717) is 0 Å². The molecule has 17 heavy (non-hydrogen) atoms. The van der Waals surface area contributed by atoms with E-state index in [2.05, 4.69) is 4.74 Å². The maximum atomic E-state index is 11.2. The average Bonchev–Trinajstić information content (AvgIpc) is 2.26. The van der Waals surface area contributed by atoms with Crippen molar-refractivity contribution in [1.29, 1.82) is 0 Å². The lowest BCUT2D eigenvalue weighted by atomic mass is 9.79. The third kappa shape index (κ3) is 3.30. The first-order chi connectivity index (χ1) is 7.95. The van der Waals surface area contributed by atoms with Crippen LogP contribution in [0.3, 0.4) is 0 Å². The molecule has 6 nitrogen and oxygen atoms in total. The van der Waals surface area contributed by atoms with E-state index in [1.54, 1.807) is 0 Å². The maximum absolute atomic E-state index is 11.2. The van der Waals surface area contributed by atoms with Crippen molar-refractivity contribution in [3.63, 3.8) is 0 Å². The van der Waals surface area contributed by atoms with Crippen LogP contribution in [0.2, 0.25) is 0 Å². The molecule has 90 valence electrons. The number of carbonyl (C=O) groups is 2. The fourth-order valence-corrected chi connectivity index (χ4v) is 1.24. The van der Waals surface area contributed by atoms with Crippen LogP contribution in [0.25, 0.3) is 0 Å². The van der Waals surface area contributed by atoms with Crippen LogP contribution in [0.1, 0.15) is 17.3 Å². The third-order valence-corrected chi connectivity index (χ3v) is 1.97. The summed E-state index contributed by atoms with van der Waals surface area (Å²) in [5.41, 5.74) is 0.140. The lowest BCUT2D eigenvalue weighted by Gasteiger charge is -2.09. The fourth-order valence-electron chi connectivity index (χ4n) is 1.24. The highest BCUT2D eigenvalue weighted by molar-refractivity contribution is 6.59. The molecule has 1 aromatic carbocycles. The second-order valence-corrected chi connectivity index (χ2v) is 3.21. The van der Waals surface area contributed by atoms with Crippen LogP contribution in [-0.2, 0) is 9.53 Å². The number of hydrogen-bond acceptors (Lipinski definition) is 6. The van der Waals surface area contributed by atoms with Gasteiger partial charge in [0.05, 0.1) is 12.7 Å². The van der Waals surface area contributed by atoms with Gasteiger partial charge in [-0.2, -0.15) is 0 Å². The highest BCUT2D eigenvalue weighted by atomic mass is 16.5. The van der Waals surface area contributed by atoms with Crippen molar-refractivity contribution in [3.8, 4) is 5.75 Å². The topological polar surface area (TPSA) is 93.1 Å². The number of hydrogen-bond donors (Lipinski definition) is 2. The second-order valence-electron chi connectivity index (χ2n) is 3.21. The van der Waals surface area contributed by atoms with Gasteiger partial charge in [0.2, 0.25) is 0 Å². The summed E-state index contributed by atoms with van der Waals surface area (Å²) in [5, 5.41) is 18.1. The van der Waals surface area contributed by atoms with E-state index in [0.717, 1.165) is 0 Å². The highest BCUT2D eigenvalue weighted by Gasteiger charge is 2.20. The molecular formula is C10H11BO6. The molecule has 0 amide bonds. The lowest BCUT2D eigenvalue weighted by molar-refractivity contribution is -0.131. The molecule has 1 aromatic rings. The monoisotopic (exact) mass is 238 g/mol. The molecule has 7 heteroatoms. The van der Waals surface area contributed by atoms with E-state index >= 15 is 0 Å². The van der Waals surface area contributed by atoms with E-state index in [4.69, 9.17) is 14.8 Å². The predicted molar refractivity (Wildman–Crippen MR) is 58.9 cm³/mol. The molecule has 0 bridgehead atoms. The smallest absolute Gasteiger partial charge is 0.465 e. The summed E-state index contributed by atoms with van der Waals surface area (Å²) in [7, 11) is -0.584. The zero-order chi connectivity index (χ0) is 13.0. The maximum Gasteiger partial charge on any atom is 0.492 e. The molecule has 0 saturated heterocycles. The Hall–Kier alpha value is -1.86. The summed E-state index contributed by atoms with van der Waals surface area (Å²) in [4.78, 5) is 22.1. The number of carbonyl (C=O) groups excluding carboxylic acids is 2. The average molecular weight is 238 g/mol. The highest BCUT2D eigenvalue weighted by Crippen LogP contribution is 2.13. The van der Waals surface area contributed by atoms with Crippen LogP contribution in [-0.4, -0.2) is 36.2 Å². The molecule has 0 spiro atoms. The van der Waals surface area contributed by atoms with Gasteiger partial charge >= 0.3 is 19.1 Å². The van der Waals surface area contributed by atoms with Gasteiger partial charge in [-0.05, 0) is 12.1 Å². The Kier molecular flexibility index (Phi) is 4.25. The van der Waals surface area contributed by atoms with Crippen LogP contribution in [0, 0.1) is 0 Å². The molecule has 0 fully saturated rings. The first kappa shape index (κ1) is 13.2. The molecule has 0 unspecified atom stereocenters. The van der Waals surface area contributed by atoms with E-state index in [1.807, 2.05) is 0 Å². The molecule has 0 aliphatic rings. The minimum atomic E-state index is -1.80. The number of rotatable bonds is 3. The molecule has 0 aliphatic carbocycles. The van der Waals surface area contributed by atoms with Gasteiger partial charge in [-0.25, -0.2) is 4.79 Å². The molecule has 0 radical (unpaired) electrons. The molecule has 0 heterocycles. The molecule has 2 N–H and O–H groups in total. The van der Waals surface area contributed by atoms with Crippen molar-refractivity contribution in [2.45, 2.75) is 6.92 Å². The second kappa shape index (κ2) is 5.47. The number of benzene rings is 1. The van der Waals surface area contributed by atoms with Crippen molar-refractivity contribution in [3.05, 3.63) is 23.8 Å². The van der Waals surface area contributed by atoms with Crippen LogP contribution >= 0.6 is 0 Å². The Morgan fingerprint density at radius 3 is 2.41 bits per heavy atom. The Bertz CT molecular complexity index is 442. The predicted octanol–water partition coefficient (Wildman–Crippen LogP) is -0.922. The molecule has 0 atom stereocenters. The first-order valence-corrected chi connectivity index (χ1v) is 4.72. The van der Waals surface area contributed by atoms with E-state index in [-0.39, 0.29) is 16.8 Å². The van der Waals surface area contributed by atoms with Gasteiger partial charge in [-0.1, -0.05) is 6.07 Å². The fraction of sp³-hybridized carbons (Fsp3) is 0.200. The largest absolute Gasteiger partial charge is 0.492 e. The summed E-state index contributed by atoms with van der Waals surface area (Å²) in [6, 6.07) is 3.82. The van der Waals surface area contributed by atoms with Crippen LogP contribution in [0.5, 0.6) is 5.75 Å². The SMILES string of the molecule is COC(=O)c1ccc(B(O)O)c(OC(C)=O)c1. The van der Waals surface area contributed by atoms with Gasteiger partial charge in [0.1, 0.15) is 5.75 Å². The van der Waals surface area contributed by atoms with E-state index < -0.39 is 19.1 Å². The van der Waals surface area contributed by atoms with Crippen molar-refractivity contribution >= 4 is 24.5 Å². The van der Waals surface area contributed by atoms with Gasteiger partial charge in [0.25, 0.3) is 0 Å². The summed E-state index contributed by atoms with van der Waals surface area (Å²) < 4.78 is 9.27. The van der Waals surface area contributed by atoms with Crippen LogP contribution < -0.4 is 10.2 Å². The zero-order valence-corrected chi connectivity index (χ0v) is 9.34. The van der Waals surface area contributed by atoms with Crippen molar-refractivity contribution in [1.82, 2.24) is 0 Å². The zero-order valence-electron chi connectivity index (χ0n) is 9.34. The van der Waals surface area contributed by atoms with Gasteiger partial charge < -0.3 is 19.5 Å². The molecule has 0 saturated carbocycles. The third-order valence-electron chi connectivity index (χ3n) is 1.97. The minimum absolute atomic E-state index is 0.00662. The Morgan fingerprint density at radius 2 is 1.94 bits per heavy atom. The summed E-state index contributed by atoms with van der Waals surface area (Å²) in [6.45, 7) is 1.17. The number of methoxy groups -OCH3 is 1. The Balaban J connectivity index is 3.18. The Labute approximate surface area is 97.9 Å². The van der Waals surface area contributed by atoms with Crippen molar-refractivity contribution in [2.75, 3.05) is 7.11 Å². The minimum Gasteiger partial charge on any atom is -0.465 e. The van der Waals surface area contributed by atoms with Gasteiger partial charge in [-0.15, -0.1) is 0 Å². The summed E-state index contributed by atoms with van der Waals surface area (Å²) >= 11 is 0. The number of ether oxygens (including phenoxy) is 2. The molecular weight excluding hydrogens is 227 g/mol. The van der Waals surface area contributed by atoms with Crippen LogP contribution in [0.15, 0.2) is 18.2 Å². The van der Waals surface area contributed by atoms with Crippen LogP contribution in [0.4, 0.5) is 0 Å².